The van der Waals surface area contributed by atoms with Crippen molar-refractivity contribution in [2.75, 3.05) is 51.4 Å². The number of carbonyl (C=O) groups excluding carboxylic acids is 1. The van der Waals surface area contributed by atoms with Crippen molar-refractivity contribution in [1.82, 2.24) is 9.88 Å². The highest BCUT2D eigenvalue weighted by Gasteiger charge is 2.36. The molecule has 0 N–H and O–H groups in total. The molecule has 1 aromatic heterocycles. The zero-order valence-corrected chi connectivity index (χ0v) is 23.9. The minimum Gasteiger partial charge on any atom is -0.494 e. The lowest BCUT2D eigenvalue weighted by Crippen LogP contribution is -2.40. The fourth-order valence-corrected chi connectivity index (χ4v) is 6.42. The monoisotopic (exact) mass is 585 g/mol. The van der Waals surface area contributed by atoms with Gasteiger partial charge in [0.15, 0.2) is 5.13 Å². The van der Waals surface area contributed by atoms with E-state index in [9.17, 15) is 4.79 Å². The second-order valence-electron chi connectivity index (χ2n) is 9.33. The largest absolute Gasteiger partial charge is 0.494 e. The van der Waals surface area contributed by atoms with Crippen molar-refractivity contribution in [3.05, 3.63) is 76.8 Å². The molecule has 6 rings (SSSR count). The van der Waals surface area contributed by atoms with Crippen molar-refractivity contribution in [2.45, 2.75) is 12.3 Å². The molecule has 2 aliphatic rings. The number of anilines is 1. The summed E-state index contributed by atoms with van der Waals surface area (Å²) in [5.41, 5.74) is 2.37. The number of morpholine rings is 1. The first kappa shape index (κ1) is 27.7. The van der Waals surface area contributed by atoms with Crippen LogP contribution < -0.4 is 14.4 Å². The van der Waals surface area contributed by atoms with Crippen molar-refractivity contribution < 1.29 is 19.0 Å². The summed E-state index contributed by atoms with van der Waals surface area (Å²) in [7, 11) is 1.61. The Morgan fingerprint density at radius 2 is 1.74 bits per heavy atom. The highest BCUT2D eigenvalue weighted by Crippen LogP contribution is 2.46. The summed E-state index contributed by atoms with van der Waals surface area (Å²) < 4.78 is 18.0. The molecule has 0 unspecified atom stereocenters. The quantitative estimate of drug-likeness (QED) is 0.251. The molecule has 7 nitrogen and oxygen atoms in total. The molecule has 39 heavy (non-hydrogen) atoms. The van der Waals surface area contributed by atoms with Crippen LogP contribution in [0.15, 0.2) is 60.7 Å². The van der Waals surface area contributed by atoms with Crippen LogP contribution in [0.4, 0.5) is 5.13 Å². The predicted octanol–water partition coefficient (Wildman–Crippen LogP) is 6.37. The number of benzene rings is 3. The van der Waals surface area contributed by atoms with Gasteiger partial charge in [0.25, 0.3) is 0 Å². The van der Waals surface area contributed by atoms with E-state index in [0.717, 1.165) is 55.1 Å². The summed E-state index contributed by atoms with van der Waals surface area (Å²) in [6, 6.07) is 19.1. The van der Waals surface area contributed by atoms with Gasteiger partial charge in [0.05, 0.1) is 36.0 Å². The van der Waals surface area contributed by atoms with Crippen LogP contribution in [0.5, 0.6) is 17.2 Å². The lowest BCUT2D eigenvalue weighted by atomic mass is 9.87. The molecule has 3 aromatic carbocycles. The molecule has 0 radical (unpaired) electrons. The van der Waals surface area contributed by atoms with Crippen LogP contribution in [0.2, 0.25) is 5.02 Å². The number of ether oxygens (including phenoxy) is 3. The van der Waals surface area contributed by atoms with Gasteiger partial charge in [-0.3, -0.25) is 14.6 Å². The van der Waals surface area contributed by atoms with Crippen LogP contribution in [-0.4, -0.2) is 62.3 Å². The summed E-state index contributed by atoms with van der Waals surface area (Å²) in [5.74, 6) is 1.49. The molecule has 0 saturated carbocycles. The fraction of sp³-hybridized carbons (Fsp3) is 0.310. The van der Waals surface area contributed by atoms with Gasteiger partial charge in [-0.15, -0.1) is 12.4 Å². The Labute approximate surface area is 242 Å². The second kappa shape index (κ2) is 12.1. The smallest absolute Gasteiger partial charge is 0.241 e. The van der Waals surface area contributed by atoms with E-state index in [1.807, 2.05) is 59.5 Å². The Bertz CT molecular complexity index is 1430. The molecule has 0 spiro atoms. The molecule has 3 heterocycles. The number of para-hydroxylation sites is 2. The van der Waals surface area contributed by atoms with E-state index in [1.54, 1.807) is 13.2 Å². The molecule has 4 aromatic rings. The predicted molar refractivity (Wildman–Crippen MR) is 157 cm³/mol. The standard InChI is InChI=1S/C29H28ClN3O4S.ClH/c1-35-24-12-11-21(30)27-26(24)31-29(38-27)33(14-6-13-32-15-17-36-18-16-32)28(34)25-19-7-2-4-9-22(19)37-23-10-5-3-8-20(23)25;/h2-5,7-12,25H,6,13-18H2,1H3;1H. The number of halogens is 2. The molecular weight excluding hydrogens is 557 g/mol. The van der Waals surface area contributed by atoms with E-state index in [1.165, 1.54) is 11.3 Å². The number of fused-ring (bicyclic) bond motifs is 3. The van der Waals surface area contributed by atoms with Crippen molar-refractivity contribution >= 4 is 56.6 Å². The Hall–Kier alpha value is -2.88. The minimum absolute atomic E-state index is 0. The lowest BCUT2D eigenvalue weighted by Gasteiger charge is -2.32. The number of aromatic nitrogens is 1. The molecule has 0 aliphatic carbocycles. The van der Waals surface area contributed by atoms with E-state index in [4.69, 9.17) is 30.8 Å². The average Bonchev–Trinajstić information content (AvgIpc) is 3.40. The Morgan fingerprint density at radius 1 is 1.08 bits per heavy atom. The zero-order chi connectivity index (χ0) is 26.1. The van der Waals surface area contributed by atoms with Gasteiger partial charge in [0, 0.05) is 37.3 Å². The van der Waals surface area contributed by atoms with Crippen LogP contribution in [0.1, 0.15) is 23.5 Å². The van der Waals surface area contributed by atoms with E-state index in [0.29, 0.717) is 39.5 Å². The van der Waals surface area contributed by atoms with Crippen molar-refractivity contribution in [3.8, 4) is 17.2 Å². The first-order chi connectivity index (χ1) is 18.6. The van der Waals surface area contributed by atoms with E-state index >= 15 is 0 Å². The van der Waals surface area contributed by atoms with Crippen LogP contribution >= 0.6 is 35.3 Å². The van der Waals surface area contributed by atoms with Gasteiger partial charge in [0.1, 0.15) is 22.8 Å². The van der Waals surface area contributed by atoms with Crippen LogP contribution in [0.3, 0.4) is 0 Å². The summed E-state index contributed by atoms with van der Waals surface area (Å²) in [4.78, 5) is 23.7. The molecule has 10 heteroatoms. The first-order valence-electron chi connectivity index (χ1n) is 12.7. The van der Waals surface area contributed by atoms with Gasteiger partial charge < -0.3 is 14.2 Å². The molecule has 204 valence electrons. The summed E-state index contributed by atoms with van der Waals surface area (Å²) in [6.45, 7) is 4.70. The summed E-state index contributed by atoms with van der Waals surface area (Å²) in [5, 5.41) is 1.20. The number of nitrogens with zero attached hydrogens (tertiary/aromatic N) is 3. The van der Waals surface area contributed by atoms with Gasteiger partial charge in [-0.05, 0) is 30.7 Å². The third-order valence-electron chi connectivity index (χ3n) is 7.05. The zero-order valence-electron chi connectivity index (χ0n) is 21.5. The Morgan fingerprint density at radius 3 is 2.41 bits per heavy atom. The van der Waals surface area contributed by atoms with Gasteiger partial charge in [-0.25, -0.2) is 4.98 Å². The molecule has 2 aliphatic heterocycles. The van der Waals surface area contributed by atoms with Crippen molar-refractivity contribution in [1.29, 1.82) is 0 Å². The molecule has 1 fully saturated rings. The van der Waals surface area contributed by atoms with Gasteiger partial charge in [-0.1, -0.05) is 59.3 Å². The van der Waals surface area contributed by atoms with E-state index < -0.39 is 5.92 Å². The Kier molecular flexibility index (Phi) is 8.59. The van der Waals surface area contributed by atoms with Crippen LogP contribution in [-0.2, 0) is 9.53 Å². The third-order valence-corrected chi connectivity index (χ3v) is 8.59. The first-order valence-corrected chi connectivity index (χ1v) is 13.9. The van der Waals surface area contributed by atoms with E-state index in [-0.39, 0.29) is 18.3 Å². The van der Waals surface area contributed by atoms with Gasteiger partial charge >= 0.3 is 0 Å². The lowest BCUT2D eigenvalue weighted by molar-refractivity contribution is -0.119. The van der Waals surface area contributed by atoms with Crippen LogP contribution in [0, 0.1) is 0 Å². The van der Waals surface area contributed by atoms with E-state index in [2.05, 4.69) is 4.90 Å². The maximum absolute atomic E-state index is 14.6. The number of thiazole rings is 1. The third kappa shape index (κ3) is 5.44. The average molecular weight is 587 g/mol. The Balaban J connectivity index is 0.00000308. The number of rotatable bonds is 7. The minimum atomic E-state index is -0.510. The topological polar surface area (TPSA) is 64.1 Å². The summed E-state index contributed by atoms with van der Waals surface area (Å²) in [6.07, 6.45) is 0.805. The highest BCUT2D eigenvalue weighted by molar-refractivity contribution is 7.23. The fourth-order valence-electron chi connectivity index (χ4n) is 5.13. The number of methoxy groups -OCH3 is 1. The second-order valence-corrected chi connectivity index (χ2v) is 10.7. The van der Waals surface area contributed by atoms with Crippen LogP contribution in [0.25, 0.3) is 10.2 Å². The molecular formula is C29H29Cl2N3O4S. The number of carbonyl (C=O) groups is 1. The molecule has 1 amide bonds. The van der Waals surface area contributed by atoms with Gasteiger partial charge in [0.2, 0.25) is 5.91 Å². The SMILES string of the molecule is COc1ccc(Cl)c2sc(N(CCCN3CCOCC3)C(=O)C3c4ccccc4Oc4ccccc43)nc12.Cl. The highest BCUT2D eigenvalue weighted by atomic mass is 35.5. The van der Waals surface area contributed by atoms with Crippen molar-refractivity contribution in [3.63, 3.8) is 0 Å². The molecule has 1 saturated heterocycles. The maximum Gasteiger partial charge on any atom is 0.241 e. The maximum atomic E-state index is 14.6. The van der Waals surface area contributed by atoms with Gasteiger partial charge in [-0.2, -0.15) is 0 Å². The number of amides is 1. The molecule has 0 atom stereocenters. The van der Waals surface area contributed by atoms with Crippen molar-refractivity contribution in [2.24, 2.45) is 0 Å². The normalized spacial score (nSPS) is 15.1. The number of hydrogen-bond acceptors (Lipinski definition) is 7. The molecule has 0 bridgehead atoms. The number of hydrogen-bond donors (Lipinski definition) is 0. The summed E-state index contributed by atoms with van der Waals surface area (Å²) >= 11 is 7.97.